The highest BCUT2D eigenvalue weighted by molar-refractivity contribution is 6.02. The number of rotatable bonds is 4. The fourth-order valence-corrected chi connectivity index (χ4v) is 5.71. The summed E-state index contributed by atoms with van der Waals surface area (Å²) in [6.07, 6.45) is 8.58. The van der Waals surface area contributed by atoms with E-state index in [1.807, 2.05) is 0 Å². The highest BCUT2D eigenvalue weighted by Gasteiger charge is 2.52. The molecule has 0 bridgehead atoms. The van der Waals surface area contributed by atoms with Crippen LogP contribution in [0.4, 0.5) is 0 Å². The molecule has 0 aromatic heterocycles. The van der Waals surface area contributed by atoms with E-state index in [9.17, 15) is 4.79 Å². The normalized spacial score (nSPS) is 26.3. The quantitative estimate of drug-likeness (QED) is 0.857. The molecule has 2 heterocycles. The van der Waals surface area contributed by atoms with Gasteiger partial charge in [0, 0.05) is 25.2 Å². The third-order valence-electron chi connectivity index (χ3n) is 6.83. The fraction of sp³-hybridized carbons (Fsp3) is 0.696. The lowest BCUT2D eigenvalue weighted by molar-refractivity contribution is 0.0382. The maximum Gasteiger partial charge on any atom is 0.255 e. The van der Waals surface area contributed by atoms with Crippen molar-refractivity contribution in [2.24, 2.45) is 5.92 Å². The molecular weight excluding hydrogens is 320 g/mol. The van der Waals surface area contributed by atoms with Gasteiger partial charge >= 0.3 is 0 Å². The van der Waals surface area contributed by atoms with Crippen molar-refractivity contribution in [1.29, 1.82) is 0 Å². The molecule has 1 N–H and O–H groups in total. The van der Waals surface area contributed by atoms with Crippen LogP contribution >= 0.6 is 0 Å². The van der Waals surface area contributed by atoms with E-state index in [1.54, 1.807) is 0 Å². The predicted octanol–water partition coefficient (Wildman–Crippen LogP) is 4.60. The van der Waals surface area contributed by atoms with Crippen LogP contribution in [0.3, 0.4) is 0 Å². The standard InChI is InChI=1S/C23H34N2O/c1-4-17-12-19(18-8-6-5-7-9-18)21-20(13-17)23(14-16(2)3)15-24-10-11-25(23)22(21)26/h12-13,16,18,24H,4-11,14-15H2,1-3H3/t23-/m1/s1. The molecule has 26 heavy (non-hydrogen) atoms. The number of nitrogens with one attached hydrogen (secondary N) is 1. The van der Waals surface area contributed by atoms with Crippen molar-refractivity contribution < 1.29 is 4.79 Å². The van der Waals surface area contributed by atoms with Gasteiger partial charge in [0.2, 0.25) is 0 Å². The number of hydrogen-bond acceptors (Lipinski definition) is 2. The van der Waals surface area contributed by atoms with Crippen molar-refractivity contribution in [2.75, 3.05) is 19.6 Å². The second kappa shape index (κ2) is 6.99. The monoisotopic (exact) mass is 354 g/mol. The zero-order valence-electron chi connectivity index (χ0n) is 16.7. The van der Waals surface area contributed by atoms with Crippen molar-refractivity contribution in [3.63, 3.8) is 0 Å². The molecule has 0 spiro atoms. The van der Waals surface area contributed by atoms with E-state index in [1.165, 1.54) is 48.8 Å². The Labute approximate surface area is 158 Å². The summed E-state index contributed by atoms with van der Waals surface area (Å²) in [5.74, 6) is 1.46. The minimum atomic E-state index is -0.132. The number of hydrogen-bond donors (Lipinski definition) is 1. The van der Waals surface area contributed by atoms with Gasteiger partial charge in [-0.3, -0.25) is 4.79 Å². The van der Waals surface area contributed by atoms with Gasteiger partial charge in [-0.2, -0.15) is 0 Å². The number of benzene rings is 1. The van der Waals surface area contributed by atoms with E-state index in [0.29, 0.717) is 17.7 Å². The minimum Gasteiger partial charge on any atom is -0.326 e. The zero-order chi connectivity index (χ0) is 18.3. The molecule has 142 valence electrons. The second-order valence-corrected chi connectivity index (χ2v) is 9.06. The average Bonchev–Trinajstić information content (AvgIpc) is 2.90. The molecule has 1 saturated heterocycles. The van der Waals surface area contributed by atoms with Gasteiger partial charge in [0.25, 0.3) is 5.91 Å². The molecule has 0 radical (unpaired) electrons. The van der Waals surface area contributed by atoms with Crippen LogP contribution in [0.5, 0.6) is 0 Å². The van der Waals surface area contributed by atoms with Gasteiger partial charge in [-0.05, 0) is 54.2 Å². The second-order valence-electron chi connectivity index (χ2n) is 9.06. The Kier molecular flexibility index (Phi) is 4.85. The van der Waals surface area contributed by atoms with Gasteiger partial charge in [-0.25, -0.2) is 0 Å². The van der Waals surface area contributed by atoms with Crippen molar-refractivity contribution in [2.45, 2.75) is 77.2 Å². The summed E-state index contributed by atoms with van der Waals surface area (Å²) in [7, 11) is 0. The smallest absolute Gasteiger partial charge is 0.255 e. The number of piperazine rings is 1. The third kappa shape index (κ3) is 2.79. The molecule has 4 rings (SSSR count). The molecule has 1 aromatic rings. The topological polar surface area (TPSA) is 32.3 Å². The molecule has 1 saturated carbocycles. The predicted molar refractivity (Wildman–Crippen MR) is 107 cm³/mol. The lowest BCUT2D eigenvalue weighted by atomic mass is 9.76. The van der Waals surface area contributed by atoms with Gasteiger partial charge < -0.3 is 10.2 Å². The van der Waals surface area contributed by atoms with Gasteiger partial charge in [-0.1, -0.05) is 52.2 Å². The molecule has 0 unspecified atom stereocenters. The van der Waals surface area contributed by atoms with E-state index in [4.69, 9.17) is 0 Å². The average molecular weight is 355 g/mol. The third-order valence-corrected chi connectivity index (χ3v) is 6.83. The molecule has 1 amide bonds. The summed E-state index contributed by atoms with van der Waals surface area (Å²) >= 11 is 0. The molecule has 3 nitrogen and oxygen atoms in total. The number of amides is 1. The Bertz CT molecular complexity index is 690. The molecule has 1 aromatic carbocycles. The lowest BCUT2D eigenvalue weighted by Crippen LogP contribution is -2.57. The SMILES string of the molecule is CCc1cc(C2CCCCC2)c2c(c1)[C@@]1(CC(C)C)CNCCN1C2=O. The van der Waals surface area contributed by atoms with Crippen LogP contribution in [0.15, 0.2) is 12.1 Å². The highest BCUT2D eigenvalue weighted by Crippen LogP contribution is 2.48. The largest absolute Gasteiger partial charge is 0.326 e. The van der Waals surface area contributed by atoms with E-state index in [0.717, 1.165) is 38.0 Å². The first kappa shape index (κ1) is 18.0. The van der Waals surface area contributed by atoms with E-state index in [-0.39, 0.29) is 5.54 Å². The molecule has 3 heteroatoms. The van der Waals surface area contributed by atoms with Gasteiger partial charge in [0.1, 0.15) is 0 Å². The Hall–Kier alpha value is -1.35. The number of carbonyl (C=O) groups excluding carboxylic acids is 1. The van der Waals surface area contributed by atoms with Crippen LogP contribution in [0.1, 0.15) is 92.3 Å². The Morgan fingerprint density at radius 1 is 1.23 bits per heavy atom. The summed E-state index contributed by atoms with van der Waals surface area (Å²) in [6.45, 7) is 9.48. The summed E-state index contributed by atoms with van der Waals surface area (Å²) < 4.78 is 0. The van der Waals surface area contributed by atoms with Crippen LogP contribution in [-0.4, -0.2) is 30.4 Å². The van der Waals surface area contributed by atoms with Crippen LogP contribution < -0.4 is 5.32 Å². The Morgan fingerprint density at radius 2 is 2.00 bits per heavy atom. The van der Waals surface area contributed by atoms with Crippen LogP contribution in [0.25, 0.3) is 0 Å². The first-order valence-electron chi connectivity index (χ1n) is 10.8. The summed E-state index contributed by atoms with van der Waals surface area (Å²) in [5, 5.41) is 3.61. The van der Waals surface area contributed by atoms with E-state index >= 15 is 0 Å². The summed E-state index contributed by atoms with van der Waals surface area (Å²) in [6, 6.07) is 4.75. The molecule has 2 fully saturated rings. The van der Waals surface area contributed by atoms with Crippen molar-refractivity contribution in [3.8, 4) is 0 Å². The van der Waals surface area contributed by atoms with Gasteiger partial charge in [0.05, 0.1) is 5.54 Å². The molecule has 2 aliphatic heterocycles. The Balaban J connectivity index is 1.89. The van der Waals surface area contributed by atoms with Crippen LogP contribution in [0.2, 0.25) is 0 Å². The minimum absolute atomic E-state index is 0.132. The first-order chi connectivity index (χ1) is 12.6. The first-order valence-corrected chi connectivity index (χ1v) is 10.8. The molecule has 1 atom stereocenters. The Morgan fingerprint density at radius 3 is 2.69 bits per heavy atom. The zero-order valence-corrected chi connectivity index (χ0v) is 16.7. The number of fused-ring (bicyclic) bond motifs is 3. The van der Waals surface area contributed by atoms with E-state index < -0.39 is 0 Å². The van der Waals surface area contributed by atoms with Crippen molar-refractivity contribution >= 4 is 5.91 Å². The van der Waals surface area contributed by atoms with Crippen LogP contribution in [-0.2, 0) is 12.0 Å². The number of nitrogens with zero attached hydrogens (tertiary/aromatic N) is 1. The maximum atomic E-state index is 13.6. The maximum absolute atomic E-state index is 13.6. The lowest BCUT2D eigenvalue weighted by Gasteiger charge is -2.44. The van der Waals surface area contributed by atoms with Crippen molar-refractivity contribution in [3.05, 3.63) is 34.4 Å². The number of aryl methyl sites for hydroxylation is 1. The summed E-state index contributed by atoms with van der Waals surface area (Å²) in [4.78, 5) is 15.8. The van der Waals surface area contributed by atoms with Crippen molar-refractivity contribution in [1.82, 2.24) is 10.2 Å². The van der Waals surface area contributed by atoms with Gasteiger partial charge in [0.15, 0.2) is 0 Å². The van der Waals surface area contributed by atoms with Crippen LogP contribution in [0, 0.1) is 5.92 Å². The number of carbonyl (C=O) groups is 1. The fourth-order valence-electron chi connectivity index (χ4n) is 5.71. The summed E-state index contributed by atoms with van der Waals surface area (Å²) in [5.41, 5.74) is 5.07. The molecular formula is C23H34N2O. The van der Waals surface area contributed by atoms with Gasteiger partial charge in [-0.15, -0.1) is 0 Å². The molecule has 3 aliphatic rings. The highest BCUT2D eigenvalue weighted by atomic mass is 16.2. The van der Waals surface area contributed by atoms with E-state index in [2.05, 4.69) is 43.1 Å². The molecule has 1 aliphatic carbocycles.